The van der Waals surface area contributed by atoms with Crippen LogP contribution in [0.1, 0.15) is 36.2 Å². The maximum absolute atomic E-state index is 12.6. The summed E-state index contributed by atoms with van der Waals surface area (Å²) in [5, 5.41) is 11.9. The first kappa shape index (κ1) is 21.3. The molecule has 6 heteroatoms. The molecular weight excluding hydrogens is 428 g/mol. The van der Waals surface area contributed by atoms with Crippen LogP contribution in [0.3, 0.4) is 0 Å². The number of esters is 1. The number of hydrogen-bond donors (Lipinski definition) is 2. The molecule has 6 rings (SSSR count). The average molecular weight is 459 g/mol. The van der Waals surface area contributed by atoms with Crippen LogP contribution in [-0.4, -0.2) is 40.7 Å². The van der Waals surface area contributed by atoms with Crippen LogP contribution in [0.15, 0.2) is 60.3 Å². The van der Waals surface area contributed by atoms with Crippen LogP contribution < -0.4 is 4.74 Å². The standard InChI is InChI=1S/C28H30N2O4/c1-16-24(31)13-21-22(28(32)33-2)14-30-11-10-19-20-12-18(34-15-17-6-4-3-5-7-17)8-9-23(20)29-26(19)27(30)25(16)21/h3-9,12,14,16,21,24-25,27,29,31H,10-11,13,15H2,1-2H3/t16-,21?,24-,25+,27?/m0/s1. The van der Waals surface area contributed by atoms with E-state index in [4.69, 9.17) is 9.47 Å². The van der Waals surface area contributed by atoms with Crippen LogP contribution in [0, 0.1) is 17.8 Å². The van der Waals surface area contributed by atoms with Gasteiger partial charge in [-0.3, -0.25) is 0 Å². The molecule has 2 unspecified atom stereocenters. The second-order valence-electron chi connectivity index (χ2n) is 9.85. The van der Waals surface area contributed by atoms with Gasteiger partial charge in [-0.1, -0.05) is 37.3 Å². The summed E-state index contributed by atoms with van der Waals surface area (Å²) in [6.07, 6.45) is 3.05. The third kappa shape index (κ3) is 3.31. The Morgan fingerprint density at radius 2 is 2.03 bits per heavy atom. The highest BCUT2D eigenvalue weighted by Gasteiger charge is 2.53. The van der Waals surface area contributed by atoms with E-state index in [1.54, 1.807) is 0 Å². The summed E-state index contributed by atoms with van der Waals surface area (Å²) in [6.45, 7) is 3.47. The van der Waals surface area contributed by atoms with Crippen LogP contribution >= 0.6 is 0 Å². The SMILES string of the molecule is COC(=O)C1=CN2CCc3c([nH]c4ccc(OCc5ccccc5)cc34)C2[C@H]2C1C[C@H](O)[C@@H]2C. The molecule has 1 saturated carbocycles. The monoisotopic (exact) mass is 458 g/mol. The highest BCUT2D eigenvalue weighted by Crippen LogP contribution is 2.54. The number of nitrogens with zero attached hydrogens (tertiary/aromatic N) is 1. The summed E-state index contributed by atoms with van der Waals surface area (Å²) in [5.74, 6) is 0.820. The Balaban J connectivity index is 1.37. The predicted molar refractivity (Wildman–Crippen MR) is 129 cm³/mol. The summed E-state index contributed by atoms with van der Waals surface area (Å²) >= 11 is 0. The van der Waals surface area contributed by atoms with Gasteiger partial charge in [0.25, 0.3) is 0 Å². The fourth-order valence-corrected chi connectivity index (χ4v) is 6.40. The fraction of sp³-hybridized carbons (Fsp3) is 0.393. The summed E-state index contributed by atoms with van der Waals surface area (Å²) < 4.78 is 11.2. The van der Waals surface area contributed by atoms with E-state index in [2.05, 4.69) is 41.1 Å². The lowest BCUT2D eigenvalue weighted by molar-refractivity contribution is -0.137. The molecule has 6 nitrogen and oxygen atoms in total. The first-order chi connectivity index (χ1) is 16.5. The average Bonchev–Trinajstić information content (AvgIpc) is 3.39. The third-order valence-electron chi connectivity index (χ3n) is 8.10. The van der Waals surface area contributed by atoms with Crippen molar-refractivity contribution in [1.82, 2.24) is 9.88 Å². The Morgan fingerprint density at radius 1 is 1.21 bits per heavy atom. The lowest BCUT2D eigenvalue weighted by Gasteiger charge is -2.46. The van der Waals surface area contributed by atoms with Crippen LogP contribution in [0.4, 0.5) is 0 Å². The molecule has 0 saturated heterocycles. The van der Waals surface area contributed by atoms with E-state index >= 15 is 0 Å². The molecule has 1 fully saturated rings. The van der Waals surface area contributed by atoms with Crippen LogP contribution in [0.25, 0.3) is 10.9 Å². The molecule has 34 heavy (non-hydrogen) atoms. The molecule has 3 aliphatic rings. The maximum atomic E-state index is 12.6. The molecular formula is C28H30N2O4. The molecule has 0 radical (unpaired) electrons. The lowest BCUT2D eigenvalue weighted by Crippen LogP contribution is -2.44. The molecule has 3 aromatic rings. The van der Waals surface area contributed by atoms with E-state index in [1.807, 2.05) is 30.5 Å². The van der Waals surface area contributed by atoms with Crippen molar-refractivity contribution in [2.75, 3.05) is 13.7 Å². The number of carbonyl (C=O) groups excluding carboxylic acids is 1. The van der Waals surface area contributed by atoms with E-state index < -0.39 is 6.10 Å². The van der Waals surface area contributed by atoms with Gasteiger partial charge in [-0.2, -0.15) is 0 Å². The van der Waals surface area contributed by atoms with Gasteiger partial charge in [0.1, 0.15) is 12.4 Å². The minimum Gasteiger partial charge on any atom is -0.489 e. The van der Waals surface area contributed by atoms with Crippen LogP contribution in [0.2, 0.25) is 0 Å². The number of aliphatic hydroxyl groups excluding tert-OH is 1. The van der Waals surface area contributed by atoms with Crippen LogP contribution in [-0.2, 0) is 22.6 Å². The molecule has 0 amide bonds. The summed E-state index contributed by atoms with van der Waals surface area (Å²) in [4.78, 5) is 18.5. The molecule has 176 valence electrons. The van der Waals surface area contributed by atoms with E-state index in [-0.39, 0.29) is 29.8 Å². The van der Waals surface area contributed by atoms with Gasteiger partial charge >= 0.3 is 5.97 Å². The summed E-state index contributed by atoms with van der Waals surface area (Å²) in [7, 11) is 1.43. The van der Waals surface area contributed by atoms with Crippen molar-refractivity contribution in [3.05, 3.63) is 77.1 Å². The van der Waals surface area contributed by atoms with E-state index in [0.29, 0.717) is 18.6 Å². The summed E-state index contributed by atoms with van der Waals surface area (Å²) in [6, 6.07) is 16.6. The van der Waals surface area contributed by atoms with Gasteiger partial charge in [0, 0.05) is 35.3 Å². The molecule has 2 N–H and O–H groups in total. The number of H-pyrrole nitrogens is 1. The zero-order chi connectivity index (χ0) is 23.4. The number of ether oxygens (including phenoxy) is 2. The van der Waals surface area contributed by atoms with Crippen molar-refractivity contribution < 1.29 is 19.4 Å². The summed E-state index contributed by atoms with van der Waals surface area (Å²) in [5.41, 5.74) is 5.47. The maximum Gasteiger partial charge on any atom is 0.335 e. The number of rotatable bonds is 4. The van der Waals surface area contributed by atoms with Crippen molar-refractivity contribution in [2.24, 2.45) is 17.8 Å². The largest absolute Gasteiger partial charge is 0.489 e. The second-order valence-corrected chi connectivity index (χ2v) is 9.85. The number of aliphatic hydroxyl groups is 1. The Kier molecular flexibility index (Phi) is 5.14. The molecule has 3 heterocycles. The minimum atomic E-state index is -0.421. The Hall–Kier alpha value is -3.25. The first-order valence-corrected chi connectivity index (χ1v) is 12.1. The molecule has 1 aliphatic carbocycles. The highest BCUT2D eigenvalue weighted by atomic mass is 16.5. The number of fused-ring (bicyclic) bond motifs is 7. The van der Waals surface area contributed by atoms with Crippen molar-refractivity contribution in [3.63, 3.8) is 0 Å². The van der Waals surface area contributed by atoms with Gasteiger partial charge in [-0.05, 0) is 54.0 Å². The quantitative estimate of drug-likeness (QED) is 0.569. The van der Waals surface area contributed by atoms with Crippen molar-refractivity contribution in [1.29, 1.82) is 0 Å². The van der Waals surface area contributed by atoms with Crippen LogP contribution in [0.5, 0.6) is 5.75 Å². The predicted octanol–water partition coefficient (Wildman–Crippen LogP) is 4.35. The normalized spacial score (nSPS) is 27.6. The number of carbonyl (C=O) groups is 1. The number of methoxy groups -OCH3 is 1. The van der Waals surface area contributed by atoms with Gasteiger partial charge in [0.05, 0.1) is 24.8 Å². The highest BCUT2D eigenvalue weighted by molar-refractivity contribution is 5.90. The smallest absolute Gasteiger partial charge is 0.335 e. The van der Waals surface area contributed by atoms with Crippen molar-refractivity contribution in [3.8, 4) is 5.75 Å². The zero-order valence-electron chi connectivity index (χ0n) is 19.5. The number of nitrogens with one attached hydrogen (secondary N) is 1. The van der Waals surface area contributed by atoms with E-state index in [0.717, 1.165) is 29.8 Å². The first-order valence-electron chi connectivity index (χ1n) is 12.1. The van der Waals surface area contributed by atoms with Gasteiger partial charge < -0.3 is 24.5 Å². The topological polar surface area (TPSA) is 74.8 Å². The number of hydrogen-bond acceptors (Lipinski definition) is 5. The molecule has 2 aliphatic heterocycles. The van der Waals surface area contributed by atoms with Crippen molar-refractivity contribution in [2.45, 2.75) is 38.5 Å². The molecule has 5 atom stereocenters. The van der Waals surface area contributed by atoms with Gasteiger partial charge in [0.2, 0.25) is 0 Å². The Morgan fingerprint density at radius 3 is 2.82 bits per heavy atom. The molecule has 2 aromatic carbocycles. The number of aromatic nitrogens is 1. The fourth-order valence-electron chi connectivity index (χ4n) is 6.40. The Labute approximate surface area is 199 Å². The Bertz CT molecular complexity index is 1260. The van der Waals surface area contributed by atoms with E-state index in [9.17, 15) is 9.90 Å². The molecule has 0 bridgehead atoms. The molecule has 0 spiro atoms. The van der Waals surface area contributed by atoms with Gasteiger partial charge in [0.15, 0.2) is 0 Å². The number of benzene rings is 2. The zero-order valence-corrected chi connectivity index (χ0v) is 19.5. The van der Waals surface area contributed by atoms with E-state index in [1.165, 1.54) is 23.8 Å². The molecule has 1 aromatic heterocycles. The van der Waals surface area contributed by atoms with Gasteiger partial charge in [-0.15, -0.1) is 0 Å². The number of aromatic amines is 1. The van der Waals surface area contributed by atoms with Gasteiger partial charge in [-0.25, -0.2) is 4.79 Å². The minimum absolute atomic E-state index is 0.000768. The lowest BCUT2D eigenvalue weighted by atomic mass is 9.74. The second kappa shape index (κ2) is 8.20. The van der Waals surface area contributed by atoms with Crippen molar-refractivity contribution >= 4 is 16.9 Å². The third-order valence-corrected chi connectivity index (χ3v) is 8.10.